The number of halogens is 1. The Labute approximate surface area is 217 Å². The zero-order chi connectivity index (χ0) is 26.6. The Bertz CT molecular complexity index is 1030. The molecule has 9 atom stereocenters. The van der Waals surface area contributed by atoms with Crippen molar-refractivity contribution in [1.82, 2.24) is 0 Å². The zero-order valence-corrected chi connectivity index (χ0v) is 22.5. The van der Waals surface area contributed by atoms with E-state index in [9.17, 15) is 24.3 Å². The van der Waals surface area contributed by atoms with Crippen molar-refractivity contribution in [1.29, 1.82) is 0 Å². The monoisotopic (exact) mass is 520 g/mol. The van der Waals surface area contributed by atoms with Gasteiger partial charge < -0.3 is 14.6 Å². The second kappa shape index (κ2) is 9.39. The number of carbonyl (C=O) groups excluding carboxylic acids is 4. The Morgan fingerprint density at radius 2 is 1.83 bits per heavy atom. The zero-order valence-electron chi connectivity index (χ0n) is 21.7. The summed E-state index contributed by atoms with van der Waals surface area (Å²) in [5.74, 6) is -2.44. The highest BCUT2D eigenvalue weighted by Crippen LogP contribution is 2.69. The first-order chi connectivity index (χ1) is 16.9. The molecule has 8 heteroatoms. The normalized spacial score (nSPS) is 43.1. The van der Waals surface area contributed by atoms with Gasteiger partial charge >= 0.3 is 11.9 Å². The molecule has 0 radical (unpaired) electrons. The fourth-order valence-electron chi connectivity index (χ4n) is 8.04. The van der Waals surface area contributed by atoms with Crippen LogP contribution in [0.2, 0.25) is 0 Å². The van der Waals surface area contributed by atoms with Gasteiger partial charge in [0.15, 0.2) is 18.0 Å². The molecule has 4 aliphatic rings. The van der Waals surface area contributed by atoms with Crippen molar-refractivity contribution in [3.63, 3.8) is 0 Å². The van der Waals surface area contributed by atoms with E-state index in [1.807, 2.05) is 26.8 Å². The molecule has 0 heterocycles. The Balaban J connectivity index is 1.79. The van der Waals surface area contributed by atoms with Gasteiger partial charge in [-0.05, 0) is 43.3 Å². The molecule has 1 N–H and O–H groups in total. The maximum Gasteiger partial charge on any atom is 0.306 e. The van der Waals surface area contributed by atoms with E-state index in [1.54, 1.807) is 26.0 Å². The number of allylic oxidation sites excluding steroid dienone is 4. The molecule has 3 fully saturated rings. The van der Waals surface area contributed by atoms with Crippen molar-refractivity contribution in [3.05, 3.63) is 23.8 Å². The number of aliphatic hydroxyl groups excluding tert-OH is 1. The number of Topliss-reactive ketones (excluding diaryl/α,β-unsaturated/α-hetero) is 1. The number of esters is 2. The molecule has 0 aromatic carbocycles. The lowest BCUT2D eigenvalue weighted by atomic mass is 9.46. The number of carbonyl (C=O) groups is 4. The number of fused-ring (bicyclic) bond motifs is 5. The lowest BCUT2D eigenvalue weighted by molar-refractivity contribution is -0.205. The van der Waals surface area contributed by atoms with Gasteiger partial charge in [-0.25, -0.2) is 0 Å². The van der Waals surface area contributed by atoms with Crippen molar-refractivity contribution >= 4 is 35.1 Å². The lowest BCUT2D eigenvalue weighted by Crippen LogP contribution is -2.65. The van der Waals surface area contributed by atoms with Crippen molar-refractivity contribution in [2.45, 2.75) is 83.8 Å². The van der Waals surface area contributed by atoms with E-state index < -0.39 is 46.9 Å². The summed E-state index contributed by atoms with van der Waals surface area (Å²) in [4.78, 5) is 50.5. The van der Waals surface area contributed by atoms with Gasteiger partial charge in [0, 0.05) is 40.9 Å². The summed E-state index contributed by atoms with van der Waals surface area (Å²) in [6.45, 7) is 8.69. The molecule has 36 heavy (non-hydrogen) atoms. The van der Waals surface area contributed by atoms with Gasteiger partial charge in [0.2, 0.25) is 5.78 Å². The molecule has 0 aromatic heterocycles. The predicted octanol–water partition coefficient (Wildman–Crippen LogP) is 3.94. The molecular formula is C28H37ClO7. The van der Waals surface area contributed by atoms with Crippen molar-refractivity contribution < 1.29 is 33.8 Å². The molecule has 7 nitrogen and oxygen atoms in total. The minimum absolute atomic E-state index is 0.0767. The Kier molecular flexibility index (Phi) is 7.06. The number of ketones is 2. The summed E-state index contributed by atoms with van der Waals surface area (Å²) < 4.78 is 11.3. The molecule has 0 spiro atoms. The van der Waals surface area contributed by atoms with Crippen LogP contribution in [0.5, 0.6) is 0 Å². The molecule has 0 bridgehead atoms. The second-order valence-corrected chi connectivity index (χ2v) is 12.0. The molecule has 6 unspecified atom stereocenters. The SMILES string of the molecule is CCC(=O)OCC(=O)[C@@]1(OC(=O)CC)[C@H](C)C[C@H]2C3C(Cl)CC4=CC(=O)C=CC4(C)C3C(O)CC21C. The number of aliphatic hydroxyl groups is 1. The van der Waals surface area contributed by atoms with Crippen LogP contribution < -0.4 is 0 Å². The Morgan fingerprint density at radius 3 is 2.47 bits per heavy atom. The molecule has 4 rings (SSSR count). The van der Waals surface area contributed by atoms with E-state index in [4.69, 9.17) is 21.1 Å². The van der Waals surface area contributed by atoms with Crippen molar-refractivity contribution in [3.8, 4) is 0 Å². The van der Waals surface area contributed by atoms with Gasteiger partial charge in [-0.1, -0.05) is 46.3 Å². The van der Waals surface area contributed by atoms with Crippen LogP contribution in [0.4, 0.5) is 0 Å². The van der Waals surface area contributed by atoms with E-state index in [0.29, 0.717) is 12.8 Å². The standard InChI is InChI=1S/C28H37ClO7/c1-6-22(33)35-14-21(32)28(36-23(34)7-2)15(3)10-18-24-19(29)12-16-11-17(30)8-9-26(16,4)25(24)20(31)13-27(18,28)5/h8-9,11,15,18-20,24-25,31H,6-7,10,12-14H2,1-5H3/t15-,18+,19?,20?,24?,25?,26?,27?,28+/m1/s1. The number of ether oxygens (including phenoxy) is 2. The maximum atomic E-state index is 13.9. The number of alkyl halides is 1. The minimum Gasteiger partial charge on any atom is -0.457 e. The summed E-state index contributed by atoms with van der Waals surface area (Å²) in [6.07, 6.45) is 5.79. The molecule has 0 aromatic rings. The minimum atomic E-state index is -1.54. The molecule has 0 saturated heterocycles. The smallest absolute Gasteiger partial charge is 0.306 e. The maximum absolute atomic E-state index is 13.9. The van der Waals surface area contributed by atoms with Crippen LogP contribution >= 0.6 is 11.6 Å². The van der Waals surface area contributed by atoms with Crippen LogP contribution in [0.25, 0.3) is 0 Å². The first kappa shape index (κ1) is 27.1. The largest absolute Gasteiger partial charge is 0.457 e. The summed E-state index contributed by atoms with van der Waals surface area (Å²) in [5.41, 5.74) is -2.06. The summed E-state index contributed by atoms with van der Waals surface area (Å²) >= 11 is 7.04. The molecule has 198 valence electrons. The van der Waals surface area contributed by atoms with Crippen LogP contribution in [-0.2, 0) is 28.7 Å². The fourth-order valence-corrected chi connectivity index (χ4v) is 8.54. The Hall–Kier alpha value is -1.99. The van der Waals surface area contributed by atoms with Crippen LogP contribution in [0, 0.1) is 34.5 Å². The van der Waals surface area contributed by atoms with Gasteiger partial charge in [0.1, 0.15) is 0 Å². The van der Waals surface area contributed by atoms with Gasteiger partial charge in [-0.2, -0.15) is 0 Å². The van der Waals surface area contributed by atoms with Gasteiger partial charge in [0.05, 0.1) is 6.10 Å². The third-order valence-corrected chi connectivity index (χ3v) is 10.1. The van der Waals surface area contributed by atoms with Crippen LogP contribution in [0.1, 0.15) is 66.7 Å². The average Bonchev–Trinajstić information content (AvgIpc) is 3.04. The number of hydrogen-bond acceptors (Lipinski definition) is 7. The van der Waals surface area contributed by atoms with Gasteiger partial charge in [-0.3, -0.25) is 19.2 Å². The van der Waals surface area contributed by atoms with E-state index in [2.05, 4.69) is 0 Å². The van der Waals surface area contributed by atoms with Crippen molar-refractivity contribution in [2.24, 2.45) is 34.5 Å². The van der Waals surface area contributed by atoms with Crippen LogP contribution in [-0.4, -0.2) is 52.3 Å². The highest BCUT2D eigenvalue weighted by Gasteiger charge is 2.73. The summed E-state index contributed by atoms with van der Waals surface area (Å²) in [7, 11) is 0. The first-order valence-corrected chi connectivity index (χ1v) is 13.5. The second-order valence-electron chi connectivity index (χ2n) is 11.4. The topological polar surface area (TPSA) is 107 Å². The van der Waals surface area contributed by atoms with E-state index in [1.165, 1.54) is 0 Å². The summed E-state index contributed by atoms with van der Waals surface area (Å²) in [5, 5.41) is 11.4. The average molecular weight is 521 g/mol. The molecule has 0 amide bonds. The van der Waals surface area contributed by atoms with E-state index in [-0.39, 0.29) is 54.1 Å². The third kappa shape index (κ3) is 3.80. The van der Waals surface area contributed by atoms with Crippen LogP contribution in [0.15, 0.2) is 23.8 Å². The quantitative estimate of drug-likeness (QED) is 0.417. The van der Waals surface area contributed by atoms with Gasteiger partial charge in [0.25, 0.3) is 0 Å². The number of rotatable bonds is 6. The number of hydrogen-bond donors (Lipinski definition) is 1. The van der Waals surface area contributed by atoms with Crippen LogP contribution in [0.3, 0.4) is 0 Å². The highest BCUT2D eigenvalue weighted by molar-refractivity contribution is 6.21. The molecule has 0 aliphatic heterocycles. The highest BCUT2D eigenvalue weighted by atomic mass is 35.5. The lowest BCUT2D eigenvalue weighted by Gasteiger charge is -2.61. The van der Waals surface area contributed by atoms with Gasteiger partial charge in [-0.15, -0.1) is 11.6 Å². The molecule has 3 saturated carbocycles. The summed E-state index contributed by atoms with van der Waals surface area (Å²) in [6, 6.07) is 0. The first-order valence-electron chi connectivity index (χ1n) is 13.0. The third-order valence-electron chi connectivity index (χ3n) is 9.65. The molecular weight excluding hydrogens is 484 g/mol. The fraction of sp³-hybridized carbons (Fsp3) is 0.714. The Morgan fingerprint density at radius 1 is 1.17 bits per heavy atom. The predicted molar refractivity (Wildman–Crippen MR) is 133 cm³/mol. The molecule has 4 aliphatic carbocycles. The van der Waals surface area contributed by atoms with E-state index in [0.717, 1.165) is 5.57 Å². The van der Waals surface area contributed by atoms with Crippen molar-refractivity contribution in [2.75, 3.05) is 6.61 Å². The van der Waals surface area contributed by atoms with E-state index >= 15 is 0 Å².